The third kappa shape index (κ3) is 4.09. The van der Waals surface area contributed by atoms with Crippen LogP contribution < -0.4 is 4.74 Å². The van der Waals surface area contributed by atoms with Crippen LogP contribution in [0.3, 0.4) is 0 Å². The van der Waals surface area contributed by atoms with Crippen LogP contribution in [-0.4, -0.2) is 41.1 Å². The van der Waals surface area contributed by atoms with Crippen LogP contribution in [0.2, 0.25) is 25.7 Å². The SMILES string of the molecule is COc1cn(-c2ccc3c(cnn3COCC[Si](C)(C)C)c2)c(C2CC2)n1. The molecule has 0 radical (unpaired) electrons. The first-order valence-corrected chi connectivity index (χ1v) is 13.3. The average molecular weight is 385 g/mol. The van der Waals surface area contributed by atoms with Crippen molar-refractivity contribution in [2.45, 2.75) is 51.2 Å². The molecule has 0 unspecified atom stereocenters. The molecule has 1 aliphatic carbocycles. The van der Waals surface area contributed by atoms with E-state index in [2.05, 4.69) is 52.5 Å². The standard InChI is InChI=1S/C20H28N4O2Si/c1-25-19-13-23(20(22-19)15-5-6-15)17-7-8-18-16(11-17)12-21-24(18)14-26-9-10-27(2,3)4/h7-8,11-13,15H,5-6,9-10,14H2,1-4H3. The summed E-state index contributed by atoms with van der Waals surface area (Å²) in [4.78, 5) is 4.63. The van der Waals surface area contributed by atoms with Gasteiger partial charge >= 0.3 is 0 Å². The van der Waals surface area contributed by atoms with Gasteiger partial charge in [-0.05, 0) is 37.1 Å². The van der Waals surface area contributed by atoms with Crippen LogP contribution in [0.5, 0.6) is 5.88 Å². The molecule has 0 bridgehead atoms. The zero-order chi connectivity index (χ0) is 19.0. The van der Waals surface area contributed by atoms with Crippen molar-refractivity contribution in [2.24, 2.45) is 0 Å². The minimum atomic E-state index is -1.06. The Morgan fingerprint density at radius 2 is 2.04 bits per heavy atom. The summed E-state index contributed by atoms with van der Waals surface area (Å²) in [6.45, 7) is 8.39. The maximum Gasteiger partial charge on any atom is 0.232 e. The van der Waals surface area contributed by atoms with Crippen molar-refractivity contribution in [1.29, 1.82) is 0 Å². The third-order valence-corrected chi connectivity index (χ3v) is 6.68. The minimum absolute atomic E-state index is 0.500. The predicted octanol–water partition coefficient (Wildman–Crippen LogP) is 4.42. The Kier molecular flexibility index (Phi) is 4.82. The van der Waals surface area contributed by atoms with Gasteiger partial charge in [0.25, 0.3) is 0 Å². The lowest BCUT2D eigenvalue weighted by atomic mass is 10.2. The first kappa shape index (κ1) is 18.2. The minimum Gasteiger partial charge on any atom is -0.480 e. The number of benzene rings is 1. The van der Waals surface area contributed by atoms with E-state index < -0.39 is 8.07 Å². The van der Waals surface area contributed by atoms with Crippen molar-refractivity contribution >= 4 is 19.0 Å². The van der Waals surface area contributed by atoms with Crippen molar-refractivity contribution in [1.82, 2.24) is 19.3 Å². The van der Waals surface area contributed by atoms with Gasteiger partial charge < -0.3 is 9.47 Å². The lowest BCUT2D eigenvalue weighted by molar-refractivity contribution is 0.0817. The molecule has 0 spiro atoms. The van der Waals surface area contributed by atoms with Gasteiger partial charge in [0.05, 0.1) is 25.0 Å². The molecule has 4 rings (SSSR count). The second-order valence-electron chi connectivity index (χ2n) is 8.52. The molecule has 144 valence electrons. The van der Waals surface area contributed by atoms with Gasteiger partial charge in [-0.1, -0.05) is 19.6 Å². The fourth-order valence-corrected chi connectivity index (χ4v) is 3.92. The molecule has 0 amide bonds. The van der Waals surface area contributed by atoms with E-state index in [4.69, 9.17) is 9.47 Å². The van der Waals surface area contributed by atoms with Gasteiger partial charge in [0.1, 0.15) is 12.6 Å². The summed E-state index contributed by atoms with van der Waals surface area (Å²) in [6.07, 6.45) is 6.29. The number of nitrogens with zero attached hydrogens (tertiary/aromatic N) is 4. The summed E-state index contributed by atoms with van der Waals surface area (Å²) in [5.74, 6) is 2.31. The normalized spacial score (nSPS) is 14.8. The molecule has 0 saturated heterocycles. The maximum absolute atomic E-state index is 5.86. The first-order chi connectivity index (χ1) is 12.9. The van der Waals surface area contributed by atoms with Crippen molar-refractivity contribution in [3.8, 4) is 11.6 Å². The molecule has 1 saturated carbocycles. The van der Waals surface area contributed by atoms with E-state index in [1.54, 1.807) is 7.11 Å². The highest BCUT2D eigenvalue weighted by molar-refractivity contribution is 6.76. The molecule has 3 aromatic rings. The molecule has 1 aliphatic rings. The van der Waals surface area contributed by atoms with Crippen LogP contribution >= 0.6 is 0 Å². The van der Waals surface area contributed by atoms with Gasteiger partial charge in [-0.25, -0.2) is 4.68 Å². The van der Waals surface area contributed by atoms with Crippen LogP contribution in [-0.2, 0) is 11.5 Å². The summed E-state index contributed by atoms with van der Waals surface area (Å²) in [7, 11) is 0.603. The fourth-order valence-electron chi connectivity index (χ4n) is 3.16. The van der Waals surface area contributed by atoms with Gasteiger partial charge in [-0.2, -0.15) is 10.1 Å². The van der Waals surface area contributed by atoms with Crippen LogP contribution in [0.1, 0.15) is 24.6 Å². The molecule has 7 heteroatoms. The average Bonchev–Trinajstić information content (AvgIpc) is 3.26. The van der Waals surface area contributed by atoms with Crippen molar-refractivity contribution in [2.75, 3.05) is 13.7 Å². The molecule has 0 atom stereocenters. The van der Waals surface area contributed by atoms with E-state index in [-0.39, 0.29) is 0 Å². The van der Waals surface area contributed by atoms with E-state index in [1.807, 2.05) is 17.1 Å². The number of ether oxygens (including phenoxy) is 2. The summed E-state index contributed by atoms with van der Waals surface area (Å²) < 4.78 is 15.3. The molecule has 27 heavy (non-hydrogen) atoms. The molecular formula is C20H28N4O2Si. The number of hydrogen-bond donors (Lipinski definition) is 0. The molecule has 0 aliphatic heterocycles. The van der Waals surface area contributed by atoms with Crippen molar-refractivity contribution in [3.63, 3.8) is 0 Å². The highest BCUT2D eigenvalue weighted by Crippen LogP contribution is 2.41. The lowest BCUT2D eigenvalue weighted by Crippen LogP contribution is -2.22. The van der Waals surface area contributed by atoms with Gasteiger partial charge in [0.15, 0.2) is 0 Å². The van der Waals surface area contributed by atoms with Gasteiger partial charge in [0, 0.05) is 31.7 Å². The largest absolute Gasteiger partial charge is 0.480 e. The molecular weight excluding hydrogens is 356 g/mol. The number of aromatic nitrogens is 4. The smallest absolute Gasteiger partial charge is 0.232 e. The predicted molar refractivity (Wildman–Crippen MR) is 109 cm³/mol. The lowest BCUT2D eigenvalue weighted by Gasteiger charge is -2.15. The van der Waals surface area contributed by atoms with Crippen LogP contribution in [0.4, 0.5) is 0 Å². The quantitative estimate of drug-likeness (QED) is 0.426. The Morgan fingerprint density at radius 3 is 2.74 bits per heavy atom. The molecule has 6 nitrogen and oxygen atoms in total. The summed E-state index contributed by atoms with van der Waals surface area (Å²) in [5.41, 5.74) is 2.19. The number of imidazole rings is 1. The number of fused-ring (bicyclic) bond motifs is 1. The van der Waals surface area contributed by atoms with Crippen LogP contribution in [0.25, 0.3) is 16.6 Å². The van der Waals surface area contributed by atoms with E-state index in [0.29, 0.717) is 18.5 Å². The summed E-state index contributed by atoms with van der Waals surface area (Å²) >= 11 is 0. The number of methoxy groups -OCH3 is 1. The topological polar surface area (TPSA) is 54.1 Å². The van der Waals surface area contributed by atoms with Gasteiger partial charge in [-0.15, -0.1) is 0 Å². The Hall–Kier alpha value is -2.12. The molecule has 1 aromatic carbocycles. The highest BCUT2D eigenvalue weighted by atomic mass is 28.3. The van der Waals surface area contributed by atoms with Gasteiger partial charge in [-0.3, -0.25) is 4.57 Å². The molecule has 2 heterocycles. The zero-order valence-electron chi connectivity index (χ0n) is 16.6. The monoisotopic (exact) mass is 384 g/mol. The second-order valence-corrected chi connectivity index (χ2v) is 14.1. The Labute approximate surface area is 161 Å². The molecule has 2 aromatic heterocycles. The van der Waals surface area contributed by atoms with E-state index in [9.17, 15) is 0 Å². The summed E-state index contributed by atoms with van der Waals surface area (Å²) in [5, 5.41) is 5.62. The Balaban J connectivity index is 1.53. The Morgan fingerprint density at radius 1 is 1.22 bits per heavy atom. The first-order valence-electron chi connectivity index (χ1n) is 9.61. The number of rotatable bonds is 8. The fraction of sp³-hybridized carbons (Fsp3) is 0.500. The van der Waals surface area contributed by atoms with Gasteiger partial charge in [0.2, 0.25) is 5.88 Å². The van der Waals surface area contributed by atoms with E-state index >= 15 is 0 Å². The van der Waals surface area contributed by atoms with Crippen LogP contribution in [0, 0.1) is 0 Å². The molecule has 1 fully saturated rings. The van der Waals surface area contributed by atoms with E-state index in [1.165, 1.54) is 18.9 Å². The van der Waals surface area contributed by atoms with Crippen LogP contribution in [0.15, 0.2) is 30.6 Å². The van der Waals surface area contributed by atoms with E-state index in [0.717, 1.165) is 29.0 Å². The second kappa shape index (κ2) is 7.13. The molecule has 0 N–H and O–H groups in total. The van der Waals surface area contributed by atoms with Crippen molar-refractivity contribution in [3.05, 3.63) is 36.4 Å². The summed E-state index contributed by atoms with van der Waals surface area (Å²) in [6, 6.07) is 7.56. The highest BCUT2D eigenvalue weighted by Gasteiger charge is 2.29. The maximum atomic E-state index is 5.86. The van der Waals surface area contributed by atoms with Crippen molar-refractivity contribution < 1.29 is 9.47 Å². The zero-order valence-corrected chi connectivity index (χ0v) is 17.6. The third-order valence-electron chi connectivity index (χ3n) is 4.98. The Bertz CT molecular complexity index is 937. The number of hydrogen-bond acceptors (Lipinski definition) is 4.